The van der Waals surface area contributed by atoms with E-state index < -0.39 is 15.7 Å². The highest BCUT2D eigenvalue weighted by molar-refractivity contribution is 7.90. The summed E-state index contributed by atoms with van der Waals surface area (Å²) < 4.78 is 34.4. The molecule has 8 heteroatoms. The van der Waals surface area contributed by atoms with Crippen molar-refractivity contribution >= 4 is 21.4 Å². The smallest absolute Gasteiger partial charge is 0.255 e. The molecule has 156 valence electrons. The van der Waals surface area contributed by atoms with Gasteiger partial charge in [0, 0.05) is 17.5 Å². The van der Waals surface area contributed by atoms with Gasteiger partial charge in [-0.1, -0.05) is 0 Å². The molecule has 0 spiro atoms. The van der Waals surface area contributed by atoms with E-state index in [9.17, 15) is 18.3 Å². The van der Waals surface area contributed by atoms with E-state index in [-0.39, 0.29) is 16.3 Å². The van der Waals surface area contributed by atoms with Gasteiger partial charge in [-0.15, -0.1) is 0 Å². The number of ether oxygens (including phenoxy) is 2. The first-order valence-corrected chi connectivity index (χ1v) is 10.8. The van der Waals surface area contributed by atoms with Crippen LogP contribution in [0.1, 0.15) is 15.9 Å². The number of hydrogen-bond acceptors (Lipinski definition) is 6. The number of phenols is 1. The normalized spacial score (nSPS) is 11.0. The number of sulfone groups is 1. The van der Waals surface area contributed by atoms with Crippen molar-refractivity contribution < 1.29 is 27.8 Å². The maximum absolute atomic E-state index is 12.6. The fourth-order valence-electron chi connectivity index (χ4n) is 2.82. The minimum absolute atomic E-state index is 0.250. The van der Waals surface area contributed by atoms with Gasteiger partial charge < -0.3 is 19.9 Å². The molecule has 1 amide bonds. The average molecular weight is 427 g/mol. The van der Waals surface area contributed by atoms with Crippen LogP contribution in [0.5, 0.6) is 23.0 Å². The molecule has 30 heavy (non-hydrogen) atoms. The van der Waals surface area contributed by atoms with Crippen molar-refractivity contribution in [3.63, 3.8) is 0 Å². The fraction of sp³-hybridized carbons (Fsp3) is 0.136. The predicted octanol–water partition coefficient (Wildman–Crippen LogP) is 4.16. The van der Waals surface area contributed by atoms with Gasteiger partial charge in [-0.3, -0.25) is 4.79 Å². The van der Waals surface area contributed by atoms with E-state index in [0.29, 0.717) is 22.6 Å². The third-order valence-corrected chi connectivity index (χ3v) is 5.48. The van der Waals surface area contributed by atoms with E-state index in [4.69, 9.17) is 9.47 Å². The van der Waals surface area contributed by atoms with Crippen LogP contribution in [0, 0.1) is 6.92 Å². The summed E-state index contributed by atoms with van der Waals surface area (Å²) in [5, 5.41) is 12.4. The molecule has 7 nitrogen and oxygen atoms in total. The Labute approximate surface area is 174 Å². The van der Waals surface area contributed by atoms with Gasteiger partial charge in [-0.2, -0.15) is 0 Å². The summed E-state index contributed by atoms with van der Waals surface area (Å²) in [5.74, 6) is 1.14. The van der Waals surface area contributed by atoms with Crippen LogP contribution < -0.4 is 14.8 Å². The average Bonchev–Trinajstić information content (AvgIpc) is 2.69. The Balaban J connectivity index is 1.77. The van der Waals surface area contributed by atoms with Crippen molar-refractivity contribution in [2.75, 3.05) is 18.7 Å². The summed E-state index contributed by atoms with van der Waals surface area (Å²) in [6, 6.07) is 16.0. The van der Waals surface area contributed by atoms with Gasteiger partial charge in [0.05, 0.1) is 7.11 Å². The Bertz CT molecular complexity index is 1190. The first kappa shape index (κ1) is 21.2. The van der Waals surface area contributed by atoms with Crippen molar-refractivity contribution in [2.45, 2.75) is 11.8 Å². The first-order chi connectivity index (χ1) is 14.2. The number of carbonyl (C=O) groups is 1. The van der Waals surface area contributed by atoms with Crippen molar-refractivity contribution in [1.29, 1.82) is 0 Å². The highest BCUT2D eigenvalue weighted by atomic mass is 32.2. The largest absolute Gasteiger partial charge is 0.507 e. The summed E-state index contributed by atoms with van der Waals surface area (Å²) in [6.45, 7) is 1.77. The molecule has 0 aliphatic carbocycles. The standard InChI is InChI=1S/C22H21NO6S/c1-14-12-18(29-17-7-5-16(28-2)6-8-17)9-10-19(14)22(25)23-15-4-11-20(24)21(13-15)30(3,26)27/h4-13,24H,1-3H3,(H,23,25). The number of phenolic OH excluding ortho intramolecular Hbond substituents is 1. The molecule has 0 aliphatic rings. The topological polar surface area (TPSA) is 102 Å². The van der Waals surface area contributed by atoms with Crippen molar-refractivity contribution in [1.82, 2.24) is 0 Å². The first-order valence-electron chi connectivity index (χ1n) is 8.94. The molecule has 0 fully saturated rings. The highest BCUT2D eigenvalue weighted by Crippen LogP contribution is 2.28. The molecule has 3 aromatic rings. The molecule has 0 aromatic heterocycles. The number of rotatable bonds is 6. The molecular weight excluding hydrogens is 406 g/mol. The third kappa shape index (κ3) is 4.90. The van der Waals surface area contributed by atoms with E-state index in [1.807, 2.05) is 0 Å². The molecule has 2 N–H and O–H groups in total. The Kier molecular flexibility index (Phi) is 5.98. The summed E-state index contributed by atoms with van der Waals surface area (Å²) in [6.07, 6.45) is 0.985. The lowest BCUT2D eigenvalue weighted by molar-refractivity contribution is 0.102. The van der Waals surface area contributed by atoms with E-state index in [1.54, 1.807) is 56.5 Å². The maximum atomic E-state index is 12.6. The van der Waals surface area contributed by atoms with Gasteiger partial charge in [0.1, 0.15) is 27.9 Å². The van der Waals surface area contributed by atoms with Gasteiger partial charge in [0.2, 0.25) is 0 Å². The van der Waals surface area contributed by atoms with E-state index in [0.717, 1.165) is 12.0 Å². The predicted molar refractivity (Wildman–Crippen MR) is 113 cm³/mol. The quantitative estimate of drug-likeness (QED) is 0.573. The SMILES string of the molecule is COc1ccc(Oc2ccc(C(=O)Nc3ccc(O)c(S(C)(=O)=O)c3)c(C)c2)cc1. The summed E-state index contributed by atoms with van der Waals surface area (Å²) in [7, 11) is -2.04. The second-order valence-electron chi connectivity index (χ2n) is 6.66. The van der Waals surface area contributed by atoms with Crippen molar-refractivity contribution in [3.05, 3.63) is 71.8 Å². The molecule has 3 aromatic carbocycles. The second-order valence-corrected chi connectivity index (χ2v) is 8.65. The number of nitrogens with one attached hydrogen (secondary N) is 1. The number of methoxy groups -OCH3 is 1. The monoisotopic (exact) mass is 427 g/mol. The molecule has 0 bridgehead atoms. The van der Waals surface area contributed by atoms with Crippen LogP contribution in [-0.2, 0) is 9.84 Å². The third-order valence-electron chi connectivity index (χ3n) is 4.35. The molecule has 0 unspecified atom stereocenters. The van der Waals surface area contributed by atoms with Crippen molar-refractivity contribution in [3.8, 4) is 23.0 Å². The molecule has 0 saturated heterocycles. The number of hydrogen-bond donors (Lipinski definition) is 2. The zero-order valence-corrected chi connectivity index (χ0v) is 17.5. The van der Waals surface area contributed by atoms with Crippen molar-refractivity contribution in [2.24, 2.45) is 0 Å². The minimum Gasteiger partial charge on any atom is -0.507 e. The van der Waals surface area contributed by atoms with E-state index in [2.05, 4.69) is 5.32 Å². The maximum Gasteiger partial charge on any atom is 0.255 e. The summed E-state index contributed by atoms with van der Waals surface area (Å²) in [5.41, 5.74) is 1.35. The fourth-order valence-corrected chi connectivity index (χ4v) is 3.61. The van der Waals surface area contributed by atoms with E-state index >= 15 is 0 Å². The lowest BCUT2D eigenvalue weighted by atomic mass is 10.1. The van der Waals surface area contributed by atoms with Gasteiger partial charge in [0.25, 0.3) is 5.91 Å². The molecule has 0 aliphatic heterocycles. The van der Waals surface area contributed by atoms with Crippen LogP contribution >= 0.6 is 0 Å². The highest BCUT2D eigenvalue weighted by Gasteiger charge is 2.16. The van der Waals surface area contributed by atoms with Crippen LogP contribution in [0.3, 0.4) is 0 Å². The number of aromatic hydroxyl groups is 1. The zero-order valence-electron chi connectivity index (χ0n) is 16.7. The number of carbonyl (C=O) groups excluding carboxylic acids is 1. The Hall–Kier alpha value is -3.52. The molecule has 0 saturated carbocycles. The lowest BCUT2D eigenvalue weighted by Gasteiger charge is -2.12. The number of anilines is 1. The Morgan fingerprint density at radius 1 is 0.933 bits per heavy atom. The van der Waals surface area contributed by atoms with Crippen LogP contribution in [0.25, 0.3) is 0 Å². The molecule has 0 atom stereocenters. The molecule has 0 radical (unpaired) electrons. The van der Waals surface area contributed by atoms with Gasteiger partial charge >= 0.3 is 0 Å². The Morgan fingerprint density at radius 2 is 1.57 bits per heavy atom. The summed E-state index contributed by atoms with van der Waals surface area (Å²) in [4.78, 5) is 12.4. The zero-order chi connectivity index (χ0) is 21.9. The number of amides is 1. The second kappa shape index (κ2) is 8.46. The van der Waals surface area contributed by atoms with E-state index in [1.165, 1.54) is 18.2 Å². The molecular formula is C22H21NO6S. The molecule has 3 rings (SSSR count). The lowest BCUT2D eigenvalue weighted by Crippen LogP contribution is -2.13. The summed E-state index contributed by atoms with van der Waals surface area (Å²) >= 11 is 0. The van der Waals surface area contributed by atoms with Crippen LogP contribution in [0.15, 0.2) is 65.6 Å². The van der Waals surface area contributed by atoms with Gasteiger partial charge in [-0.05, 0) is 73.2 Å². The Morgan fingerprint density at radius 3 is 2.17 bits per heavy atom. The van der Waals surface area contributed by atoms with Crippen LogP contribution in [0.2, 0.25) is 0 Å². The molecule has 0 heterocycles. The number of benzene rings is 3. The minimum atomic E-state index is -3.63. The van der Waals surface area contributed by atoms with Gasteiger partial charge in [0.15, 0.2) is 9.84 Å². The van der Waals surface area contributed by atoms with Crippen LogP contribution in [-0.4, -0.2) is 32.8 Å². The van der Waals surface area contributed by atoms with Crippen LogP contribution in [0.4, 0.5) is 5.69 Å². The van der Waals surface area contributed by atoms with Gasteiger partial charge in [-0.25, -0.2) is 8.42 Å². The number of aryl methyl sites for hydroxylation is 1.